The number of piperidine rings is 1. The summed E-state index contributed by atoms with van der Waals surface area (Å²) < 4.78 is 30.9. The standard InChI is InChI=1S/C19H24N2O4S/c1-14-6-7-16(17-12-15(2)20-25-17)13-18(14)26(23,24)11-8-19(22)21-9-4-3-5-10-21/h6-7,12-13H,3-5,8-11H2,1-2H3. The fourth-order valence-electron chi connectivity index (χ4n) is 3.22. The molecule has 0 spiro atoms. The quantitative estimate of drug-likeness (QED) is 0.801. The number of hydrogen-bond acceptors (Lipinski definition) is 5. The molecule has 2 aromatic rings. The van der Waals surface area contributed by atoms with Crippen LogP contribution in [0.1, 0.15) is 36.9 Å². The van der Waals surface area contributed by atoms with E-state index in [-0.39, 0.29) is 23.0 Å². The summed E-state index contributed by atoms with van der Waals surface area (Å²) in [6.07, 6.45) is 3.15. The molecule has 1 saturated heterocycles. The molecule has 1 aromatic heterocycles. The SMILES string of the molecule is Cc1cc(-c2ccc(C)c(S(=O)(=O)CCC(=O)N3CCCCC3)c2)on1. The first kappa shape index (κ1) is 18.6. The predicted molar refractivity (Wildman–Crippen MR) is 98.5 cm³/mol. The second-order valence-electron chi connectivity index (χ2n) is 6.82. The summed E-state index contributed by atoms with van der Waals surface area (Å²) in [5, 5.41) is 3.84. The van der Waals surface area contributed by atoms with E-state index in [0.29, 0.717) is 16.9 Å². The maximum atomic E-state index is 12.8. The number of sulfone groups is 1. The van der Waals surface area contributed by atoms with Gasteiger partial charge in [-0.25, -0.2) is 8.42 Å². The number of aromatic nitrogens is 1. The molecular formula is C19H24N2O4S. The van der Waals surface area contributed by atoms with E-state index in [1.807, 2.05) is 13.0 Å². The monoisotopic (exact) mass is 376 g/mol. The van der Waals surface area contributed by atoms with Crippen molar-refractivity contribution in [2.75, 3.05) is 18.8 Å². The second kappa shape index (κ2) is 7.61. The number of amides is 1. The van der Waals surface area contributed by atoms with Gasteiger partial charge in [0.05, 0.1) is 16.3 Å². The highest BCUT2D eigenvalue weighted by atomic mass is 32.2. The van der Waals surface area contributed by atoms with Gasteiger partial charge in [0.2, 0.25) is 5.91 Å². The predicted octanol–water partition coefficient (Wildman–Crippen LogP) is 3.13. The number of nitrogens with zero attached hydrogens (tertiary/aromatic N) is 2. The third-order valence-electron chi connectivity index (χ3n) is 4.73. The number of benzene rings is 1. The molecule has 1 aliphatic rings. The molecule has 3 rings (SSSR count). The highest BCUT2D eigenvalue weighted by Gasteiger charge is 2.23. The first-order valence-corrected chi connectivity index (χ1v) is 10.6. The lowest BCUT2D eigenvalue weighted by Crippen LogP contribution is -2.36. The van der Waals surface area contributed by atoms with Crippen molar-refractivity contribution < 1.29 is 17.7 Å². The van der Waals surface area contributed by atoms with Crippen LogP contribution < -0.4 is 0 Å². The van der Waals surface area contributed by atoms with E-state index >= 15 is 0 Å². The molecule has 1 amide bonds. The third-order valence-corrected chi connectivity index (χ3v) is 6.58. The zero-order valence-electron chi connectivity index (χ0n) is 15.2. The molecule has 140 valence electrons. The number of carbonyl (C=O) groups excluding carboxylic acids is 1. The van der Waals surface area contributed by atoms with Gasteiger partial charge < -0.3 is 9.42 Å². The zero-order valence-corrected chi connectivity index (χ0v) is 16.0. The molecule has 0 unspecified atom stereocenters. The summed E-state index contributed by atoms with van der Waals surface area (Å²) in [5.74, 6) is 0.276. The van der Waals surface area contributed by atoms with Crippen LogP contribution in [0.15, 0.2) is 33.7 Å². The average molecular weight is 376 g/mol. The summed E-state index contributed by atoms with van der Waals surface area (Å²) in [7, 11) is -3.56. The smallest absolute Gasteiger partial charge is 0.223 e. The topological polar surface area (TPSA) is 80.5 Å². The number of hydrogen-bond donors (Lipinski definition) is 0. The van der Waals surface area contributed by atoms with E-state index < -0.39 is 9.84 Å². The first-order chi connectivity index (χ1) is 12.4. The minimum Gasteiger partial charge on any atom is -0.356 e. The van der Waals surface area contributed by atoms with Crippen LogP contribution in [0.3, 0.4) is 0 Å². The van der Waals surface area contributed by atoms with E-state index in [9.17, 15) is 13.2 Å². The highest BCUT2D eigenvalue weighted by Crippen LogP contribution is 2.26. The highest BCUT2D eigenvalue weighted by molar-refractivity contribution is 7.91. The van der Waals surface area contributed by atoms with Gasteiger partial charge in [-0.1, -0.05) is 17.3 Å². The van der Waals surface area contributed by atoms with Crippen LogP contribution in [0.25, 0.3) is 11.3 Å². The van der Waals surface area contributed by atoms with E-state index in [0.717, 1.165) is 38.0 Å². The van der Waals surface area contributed by atoms with Crippen molar-refractivity contribution in [3.8, 4) is 11.3 Å². The minimum absolute atomic E-state index is 0.0212. The van der Waals surface area contributed by atoms with Crippen molar-refractivity contribution in [2.45, 2.75) is 44.4 Å². The maximum absolute atomic E-state index is 12.8. The molecule has 0 N–H and O–H groups in total. The molecule has 0 bridgehead atoms. The molecule has 1 aliphatic heterocycles. The third kappa shape index (κ3) is 4.15. The van der Waals surface area contributed by atoms with E-state index in [1.54, 1.807) is 30.0 Å². The van der Waals surface area contributed by atoms with Gasteiger partial charge in [0, 0.05) is 31.1 Å². The van der Waals surface area contributed by atoms with Gasteiger partial charge in [-0.05, 0) is 44.7 Å². The lowest BCUT2D eigenvalue weighted by atomic mass is 10.1. The average Bonchev–Trinajstić information content (AvgIpc) is 3.07. The Morgan fingerprint density at radius 2 is 1.88 bits per heavy atom. The number of carbonyl (C=O) groups is 1. The second-order valence-corrected chi connectivity index (χ2v) is 8.90. The zero-order chi connectivity index (χ0) is 18.7. The fourth-order valence-corrected chi connectivity index (χ4v) is 4.75. The van der Waals surface area contributed by atoms with Crippen LogP contribution in [0.5, 0.6) is 0 Å². The Hall–Kier alpha value is -2.15. The number of likely N-dealkylation sites (tertiary alicyclic amines) is 1. The van der Waals surface area contributed by atoms with Crippen molar-refractivity contribution in [3.05, 3.63) is 35.5 Å². The lowest BCUT2D eigenvalue weighted by molar-refractivity contribution is -0.131. The van der Waals surface area contributed by atoms with Crippen molar-refractivity contribution >= 4 is 15.7 Å². The largest absolute Gasteiger partial charge is 0.356 e. The van der Waals surface area contributed by atoms with Gasteiger partial charge in [0.15, 0.2) is 15.6 Å². The van der Waals surface area contributed by atoms with Crippen LogP contribution in [0.4, 0.5) is 0 Å². The number of rotatable bonds is 5. The Labute approximate surface area is 154 Å². The van der Waals surface area contributed by atoms with Crippen molar-refractivity contribution in [1.82, 2.24) is 10.1 Å². The molecule has 6 nitrogen and oxygen atoms in total. The minimum atomic E-state index is -3.56. The van der Waals surface area contributed by atoms with E-state index in [1.165, 1.54) is 0 Å². The van der Waals surface area contributed by atoms with Crippen molar-refractivity contribution in [2.24, 2.45) is 0 Å². The summed E-state index contributed by atoms with van der Waals surface area (Å²) in [6.45, 7) is 5.04. The van der Waals surface area contributed by atoms with Crippen molar-refractivity contribution in [3.63, 3.8) is 0 Å². The molecule has 26 heavy (non-hydrogen) atoms. The molecule has 1 fully saturated rings. The summed E-state index contributed by atoms with van der Waals surface area (Å²) in [4.78, 5) is 14.3. The van der Waals surface area contributed by atoms with Gasteiger partial charge in [-0.2, -0.15) is 0 Å². The Balaban J connectivity index is 1.77. The molecule has 0 aliphatic carbocycles. The van der Waals surface area contributed by atoms with Crippen LogP contribution in [-0.4, -0.2) is 43.2 Å². The van der Waals surface area contributed by atoms with Gasteiger partial charge in [0.25, 0.3) is 0 Å². The molecule has 7 heteroatoms. The molecule has 0 radical (unpaired) electrons. The molecular weight excluding hydrogens is 352 g/mol. The summed E-state index contributed by atoms with van der Waals surface area (Å²) in [6, 6.07) is 6.94. The fraction of sp³-hybridized carbons (Fsp3) is 0.474. The van der Waals surface area contributed by atoms with E-state index in [2.05, 4.69) is 5.16 Å². The lowest BCUT2D eigenvalue weighted by Gasteiger charge is -2.26. The number of aryl methyl sites for hydroxylation is 2. The Morgan fingerprint density at radius 3 is 2.54 bits per heavy atom. The molecule has 0 saturated carbocycles. The van der Waals surface area contributed by atoms with Gasteiger partial charge in [0.1, 0.15) is 0 Å². The maximum Gasteiger partial charge on any atom is 0.223 e. The van der Waals surface area contributed by atoms with Gasteiger partial charge in [-0.15, -0.1) is 0 Å². The molecule has 0 atom stereocenters. The molecule has 2 heterocycles. The summed E-state index contributed by atoms with van der Waals surface area (Å²) >= 11 is 0. The molecule has 1 aromatic carbocycles. The Morgan fingerprint density at radius 1 is 1.15 bits per heavy atom. The van der Waals surface area contributed by atoms with Crippen molar-refractivity contribution in [1.29, 1.82) is 0 Å². The normalized spacial score (nSPS) is 15.2. The first-order valence-electron chi connectivity index (χ1n) is 8.92. The Kier molecular flexibility index (Phi) is 5.46. The van der Waals surface area contributed by atoms with Crippen LogP contribution >= 0.6 is 0 Å². The Bertz CT molecular complexity index is 896. The van der Waals surface area contributed by atoms with Crippen LogP contribution in [-0.2, 0) is 14.6 Å². The van der Waals surface area contributed by atoms with Gasteiger partial charge in [-0.3, -0.25) is 4.79 Å². The van der Waals surface area contributed by atoms with Crippen LogP contribution in [0.2, 0.25) is 0 Å². The summed E-state index contributed by atoms with van der Waals surface area (Å²) in [5.41, 5.74) is 2.06. The van der Waals surface area contributed by atoms with Gasteiger partial charge >= 0.3 is 0 Å². The van der Waals surface area contributed by atoms with Crippen LogP contribution in [0, 0.1) is 13.8 Å². The van der Waals surface area contributed by atoms with E-state index in [4.69, 9.17) is 4.52 Å².